The van der Waals surface area contributed by atoms with Crippen LogP contribution in [-0.4, -0.2) is 22.7 Å². The van der Waals surface area contributed by atoms with Crippen LogP contribution in [0.3, 0.4) is 0 Å². The zero-order valence-corrected chi connectivity index (χ0v) is 12.9. The van der Waals surface area contributed by atoms with Gasteiger partial charge in [0.05, 0.1) is 11.1 Å². The van der Waals surface area contributed by atoms with E-state index in [1.807, 2.05) is 0 Å². The molecule has 3 rings (SSSR count). The summed E-state index contributed by atoms with van der Waals surface area (Å²) < 4.78 is 19.2. The van der Waals surface area contributed by atoms with Crippen molar-refractivity contribution in [1.29, 1.82) is 0 Å². The average molecular weight is 323 g/mol. The number of H-pyrrole nitrogens is 1. The minimum Gasteiger partial charge on any atom is -0.481 e. The van der Waals surface area contributed by atoms with Gasteiger partial charge in [0, 0.05) is 5.39 Å². The molecule has 0 radical (unpaired) electrons. The summed E-state index contributed by atoms with van der Waals surface area (Å²) in [6.07, 6.45) is 0. The number of carbonyl (C=O) groups excluding carboxylic acids is 1. The third-order valence-corrected chi connectivity index (χ3v) is 3.37. The van der Waals surface area contributed by atoms with Crippen LogP contribution in [0.5, 0.6) is 5.75 Å². The molecule has 3 aromatic rings. The molecule has 6 heteroatoms. The molecule has 0 aliphatic rings. The molecule has 0 fully saturated rings. The first-order chi connectivity index (χ1) is 11.7. The summed E-state index contributed by atoms with van der Waals surface area (Å²) in [5, 5.41) is 10.2. The summed E-state index contributed by atoms with van der Waals surface area (Å²) in [5.74, 6) is 5.32. The molecule has 5 nitrogen and oxygen atoms in total. The van der Waals surface area contributed by atoms with Crippen molar-refractivity contribution in [3.63, 3.8) is 0 Å². The Labute approximate surface area is 137 Å². The molecule has 120 valence electrons. The first-order valence-corrected chi connectivity index (χ1v) is 7.25. The van der Waals surface area contributed by atoms with Crippen LogP contribution in [-0.2, 0) is 0 Å². The van der Waals surface area contributed by atoms with Crippen LogP contribution in [0.4, 0.5) is 10.2 Å². The lowest BCUT2D eigenvalue weighted by molar-refractivity contribution is 0.102. The maximum absolute atomic E-state index is 13.7. The van der Waals surface area contributed by atoms with Gasteiger partial charge in [-0.15, -0.1) is 5.92 Å². The molecule has 1 amide bonds. The summed E-state index contributed by atoms with van der Waals surface area (Å²) in [4.78, 5) is 12.2. The predicted molar refractivity (Wildman–Crippen MR) is 89.4 cm³/mol. The number of benzene rings is 2. The van der Waals surface area contributed by atoms with Crippen molar-refractivity contribution in [2.24, 2.45) is 0 Å². The zero-order valence-electron chi connectivity index (χ0n) is 12.9. The number of hydrogen-bond acceptors (Lipinski definition) is 3. The molecule has 1 aromatic heterocycles. The molecule has 0 spiro atoms. The van der Waals surface area contributed by atoms with Gasteiger partial charge in [0.15, 0.2) is 5.82 Å². The van der Waals surface area contributed by atoms with Gasteiger partial charge in [-0.1, -0.05) is 18.1 Å². The molecule has 0 saturated carbocycles. The summed E-state index contributed by atoms with van der Waals surface area (Å²) in [6.45, 7) is 2.01. The van der Waals surface area contributed by atoms with Gasteiger partial charge in [0.25, 0.3) is 5.91 Å². The Kier molecular flexibility index (Phi) is 4.43. The highest BCUT2D eigenvalue weighted by atomic mass is 19.1. The van der Waals surface area contributed by atoms with Crippen molar-refractivity contribution < 1.29 is 13.9 Å². The molecular formula is C18H14FN3O2. The second-order valence-electron chi connectivity index (χ2n) is 4.93. The van der Waals surface area contributed by atoms with Crippen molar-refractivity contribution in [2.45, 2.75) is 6.92 Å². The van der Waals surface area contributed by atoms with E-state index in [2.05, 4.69) is 27.4 Å². The maximum atomic E-state index is 13.7. The summed E-state index contributed by atoms with van der Waals surface area (Å²) >= 11 is 0. The molecule has 1 heterocycles. The first kappa shape index (κ1) is 15.6. The van der Waals surface area contributed by atoms with E-state index < -0.39 is 11.7 Å². The Morgan fingerprint density at radius 2 is 2.17 bits per heavy atom. The van der Waals surface area contributed by atoms with Gasteiger partial charge in [-0.2, -0.15) is 5.10 Å². The Balaban J connectivity index is 1.86. The zero-order chi connectivity index (χ0) is 16.9. The van der Waals surface area contributed by atoms with Crippen LogP contribution in [0, 0.1) is 17.7 Å². The number of aromatic amines is 1. The number of nitrogens with one attached hydrogen (secondary N) is 2. The summed E-state index contributed by atoms with van der Waals surface area (Å²) in [7, 11) is 0. The second-order valence-corrected chi connectivity index (χ2v) is 4.93. The normalized spacial score (nSPS) is 10.1. The molecule has 0 aliphatic heterocycles. The number of halogens is 1. The van der Waals surface area contributed by atoms with Gasteiger partial charge < -0.3 is 10.1 Å². The van der Waals surface area contributed by atoms with Crippen molar-refractivity contribution in [3.8, 4) is 17.6 Å². The summed E-state index contributed by atoms with van der Waals surface area (Å²) in [6, 6.07) is 11.1. The monoisotopic (exact) mass is 323 g/mol. The Morgan fingerprint density at radius 1 is 1.33 bits per heavy atom. The molecule has 0 atom stereocenters. The molecule has 2 N–H and O–H groups in total. The first-order valence-electron chi connectivity index (χ1n) is 7.25. The van der Waals surface area contributed by atoms with Crippen LogP contribution >= 0.6 is 0 Å². The fourth-order valence-electron chi connectivity index (χ4n) is 2.19. The van der Waals surface area contributed by atoms with Crippen molar-refractivity contribution in [1.82, 2.24) is 10.2 Å². The lowest BCUT2D eigenvalue weighted by atomic mass is 10.2. The highest BCUT2D eigenvalue weighted by Gasteiger charge is 2.14. The lowest BCUT2D eigenvalue weighted by Gasteiger charge is -2.05. The van der Waals surface area contributed by atoms with Crippen LogP contribution < -0.4 is 10.1 Å². The van der Waals surface area contributed by atoms with Gasteiger partial charge >= 0.3 is 0 Å². The maximum Gasteiger partial charge on any atom is 0.259 e. The van der Waals surface area contributed by atoms with E-state index >= 15 is 0 Å². The number of carbonyl (C=O) groups is 1. The van der Waals surface area contributed by atoms with E-state index in [1.54, 1.807) is 31.2 Å². The number of hydrogen-bond donors (Lipinski definition) is 2. The molecule has 0 aliphatic carbocycles. The number of nitrogens with zero attached hydrogens (tertiary/aromatic N) is 1. The van der Waals surface area contributed by atoms with Gasteiger partial charge in [-0.25, -0.2) is 4.39 Å². The molecule has 0 unspecified atom stereocenters. The number of anilines is 1. The minimum atomic E-state index is -0.586. The number of amides is 1. The van der Waals surface area contributed by atoms with E-state index in [4.69, 9.17) is 4.74 Å². The number of fused-ring (bicyclic) bond motifs is 1. The van der Waals surface area contributed by atoms with Gasteiger partial charge in [-0.05, 0) is 37.3 Å². The van der Waals surface area contributed by atoms with Crippen molar-refractivity contribution in [2.75, 3.05) is 11.9 Å². The molecule has 0 saturated heterocycles. The minimum absolute atomic E-state index is 0.0423. The van der Waals surface area contributed by atoms with Crippen LogP contribution in [0.25, 0.3) is 10.9 Å². The van der Waals surface area contributed by atoms with E-state index in [0.717, 1.165) is 5.52 Å². The molecule has 0 bridgehead atoms. The molecule has 24 heavy (non-hydrogen) atoms. The van der Waals surface area contributed by atoms with Crippen LogP contribution in [0.15, 0.2) is 42.5 Å². The smallest absolute Gasteiger partial charge is 0.259 e. The van der Waals surface area contributed by atoms with Gasteiger partial charge in [0.2, 0.25) is 0 Å². The van der Waals surface area contributed by atoms with Gasteiger partial charge in [0.1, 0.15) is 18.2 Å². The molecular weight excluding hydrogens is 309 g/mol. The fraction of sp³-hybridized carbons (Fsp3) is 0.111. The third kappa shape index (κ3) is 3.20. The SMILES string of the molecule is CC#CCOc1ccc2[nH]nc(NC(=O)c3ccccc3F)c2c1. The predicted octanol–water partition coefficient (Wildman–Crippen LogP) is 3.36. The standard InChI is InChI=1S/C18H14FN3O2/c1-2-3-10-24-12-8-9-16-14(11-12)17(22-21-16)20-18(23)13-6-4-5-7-15(13)19/h4-9,11H,10H2,1H3,(H2,20,21,22,23). The number of aromatic nitrogens is 2. The Hall–Kier alpha value is -3.33. The third-order valence-electron chi connectivity index (χ3n) is 3.37. The molecule has 2 aromatic carbocycles. The quantitative estimate of drug-likeness (QED) is 0.724. The highest BCUT2D eigenvalue weighted by Crippen LogP contribution is 2.25. The second kappa shape index (κ2) is 6.84. The van der Waals surface area contributed by atoms with Crippen LogP contribution in [0.2, 0.25) is 0 Å². The average Bonchev–Trinajstić information content (AvgIpc) is 2.98. The van der Waals surface area contributed by atoms with Gasteiger partial charge in [-0.3, -0.25) is 9.89 Å². The Morgan fingerprint density at radius 3 is 2.96 bits per heavy atom. The van der Waals surface area contributed by atoms with E-state index in [-0.39, 0.29) is 12.2 Å². The highest BCUT2D eigenvalue weighted by molar-refractivity contribution is 6.08. The van der Waals surface area contributed by atoms with Crippen LogP contribution in [0.1, 0.15) is 17.3 Å². The Bertz CT molecular complexity index is 954. The van der Waals surface area contributed by atoms with E-state index in [9.17, 15) is 9.18 Å². The number of rotatable bonds is 4. The van der Waals surface area contributed by atoms with E-state index in [0.29, 0.717) is 17.0 Å². The largest absolute Gasteiger partial charge is 0.481 e. The van der Waals surface area contributed by atoms with Crippen molar-refractivity contribution >= 4 is 22.6 Å². The fourth-order valence-corrected chi connectivity index (χ4v) is 2.19. The topological polar surface area (TPSA) is 67.0 Å². The van der Waals surface area contributed by atoms with E-state index in [1.165, 1.54) is 18.2 Å². The summed E-state index contributed by atoms with van der Waals surface area (Å²) in [5.41, 5.74) is 0.687. The lowest BCUT2D eigenvalue weighted by Crippen LogP contribution is -2.14. The van der Waals surface area contributed by atoms with Crippen molar-refractivity contribution in [3.05, 3.63) is 53.8 Å². The number of ether oxygens (including phenoxy) is 1.